The fourth-order valence-electron chi connectivity index (χ4n) is 3.72. The van der Waals surface area contributed by atoms with E-state index >= 15 is 0 Å². The molecule has 1 nitrogen and oxygen atoms in total. The van der Waals surface area contributed by atoms with Crippen LogP contribution in [0.3, 0.4) is 0 Å². The second kappa shape index (κ2) is 5.65. The molecule has 0 fully saturated rings. The molecule has 0 saturated carbocycles. The van der Waals surface area contributed by atoms with Crippen molar-refractivity contribution < 1.29 is 5.11 Å². The zero-order valence-corrected chi connectivity index (χ0v) is 13.0. The predicted octanol–water partition coefficient (Wildman–Crippen LogP) is 4.11. The maximum Gasteiger partial charge on any atom is 0.0531 e. The van der Waals surface area contributed by atoms with Crippen LogP contribution in [-0.4, -0.2) is 11.7 Å². The lowest BCUT2D eigenvalue weighted by atomic mass is 9.67. The minimum atomic E-state index is -0.101. The van der Waals surface area contributed by atoms with Gasteiger partial charge in [-0.25, -0.2) is 0 Å². The molecule has 1 atom stereocenters. The van der Waals surface area contributed by atoms with Gasteiger partial charge in [0, 0.05) is 5.41 Å². The van der Waals surface area contributed by atoms with Crippen LogP contribution >= 0.6 is 0 Å². The van der Waals surface area contributed by atoms with Crippen molar-refractivity contribution in [3.05, 3.63) is 70.3 Å². The van der Waals surface area contributed by atoms with Crippen LogP contribution in [0.1, 0.15) is 40.7 Å². The van der Waals surface area contributed by atoms with E-state index < -0.39 is 0 Å². The van der Waals surface area contributed by atoms with Crippen LogP contribution in [0, 0.1) is 13.8 Å². The molecule has 1 unspecified atom stereocenters. The highest BCUT2D eigenvalue weighted by atomic mass is 16.3. The summed E-state index contributed by atoms with van der Waals surface area (Å²) in [5.41, 5.74) is 6.68. The molecule has 0 aliphatic heterocycles. The monoisotopic (exact) mass is 280 g/mol. The second-order valence-corrected chi connectivity index (χ2v) is 6.54. The molecule has 110 valence electrons. The van der Waals surface area contributed by atoms with Gasteiger partial charge in [-0.3, -0.25) is 0 Å². The normalized spacial score (nSPS) is 21.1. The van der Waals surface area contributed by atoms with Crippen LogP contribution in [0.5, 0.6) is 0 Å². The number of aryl methyl sites for hydroxylation is 3. The summed E-state index contributed by atoms with van der Waals surface area (Å²) in [4.78, 5) is 0. The second-order valence-electron chi connectivity index (χ2n) is 6.54. The fourth-order valence-corrected chi connectivity index (χ4v) is 3.72. The van der Waals surface area contributed by atoms with Gasteiger partial charge in [-0.05, 0) is 67.3 Å². The highest BCUT2D eigenvalue weighted by Crippen LogP contribution is 2.39. The first-order valence-corrected chi connectivity index (χ1v) is 7.90. The van der Waals surface area contributed by atoms with Gasteiger partial charge in [-0.2, -0.15) is 0 Å². The van der Waals surface area contributed by atoms with Gasteiger partial charge in [-0.1, -0.05) is 42.5 Å². The molecule has 0 heterocycles. The molecule has 21 heavy (non-hydrogen) atoms. The molecule has 1 N–H and O–H groups in total. The third kappa shape index (κ3) is 2.63. The third-order valence-corrected chi connectivity index (χ3v) is 5.11. The van der Waals surface area contributed by atoms with E-state index in [1.54, 1.807) is 0 Å². The number of fused-ring (bicyclic) bond motifs is 1. The number of aliphatic hydroxyl groups is 1. The highest BCUT2D eigenvalue weighted by molar-refractivity contribution is 5.40. The first-order valence-electron chi connectivity index (χ1n) is 7.90. The van der Waals surface area contributed by atoms with Crippen molar-refractivity contribution in [2.75, 3.05) is 6.61 Å². The van der Waals surface area contributed by atoms with Crippen LogP contribution in [0.15, 0.2) is 42.5 Å². The molecule has 3 rings (SSSR count). The van der Waals surface area contributed by atoms with Crippen LogP contribution < -0.4 is 0 Å². The summed E-state index contributed by atoms with van der Waals surface area (Å²) in [5, 5.41) is 10.2. The third-order valence-electron chi connectivity index (χ3n) is 5.11. The Morgan fingerprint density at radius 2 is 1.86 bits per heavy atom. The SMILES string of the molecule is Cc1ccc(CC2(CO)CCCc3ccccc32)cc1C. The summed E-state index contributed by atoms with van der Waals surface area (Å²) in [6.07, 6.45) is 4.32. The lowest BCUT2D eigenvalue weighted by Crippen LogP contribution is -2.37. The lowest BCUT2D eigenvalue weighted by Gasteiger charge is -2.38. The average Bonchev–Trinajstić information content (AvgIpc) is 2.51. The Morgan fingerprint density at radius 3 is 2.62 bits per heavy atom. The molecule has 1 heteroatoms. The first kappa shape index (κ1) is 14.3. The van der Waals surface area contributed by atoms with Crippen LogP contribution in [0.25, 0.3) is 0 Å². The quantitative estimate of drug-likeness (QED) is 0.897. The Morgan fingerprint density at radius 1 is 1.05 bits per heavy atom. The molecule has 0 radical (unpaired) electrons. The van der Waals surface area contributed by atoms with Gasteiger partial charge >= 0.3 is 0 Å². The van der Waals surface area contributed by atoms with Gasteiger partial charge in [0.05, 0.1) is 6.61 Å². The summed E-state index contributed by atoms with van der Waals surface area (Å²) < 4.78 is 0. The molecule has 2 aromatic rings. The van der Waals surface area contributed by atoms with Crippen molar-refractivity contribution in [1.82, 2.24) is 0 Å². The Hall–Kier alpha value is -1.60. The van der Waals surface area contributed by atoms with Gasteiger partial charge in [0.15, 0.2) is 0 Å². The molecule has 0 spiro atoms. The zero-order chi connectivity index (χ0) is 14.9. The molecular weight excluding hydrogens is 256 g/mol. The molecule has 2 aromatic carbocycles. The molecule has 0 saturated heterocycles. The number of hydrogen-bond donors (Lipinski definition) is 1. The van der Waals surface area contributed by atoms with E-state index in [9.17, 15) is 5.11 Å². The Kier molecular flexibility index (Phi) is 3.86. The van der Waals surface area contributed by atoms with E-state index in [1.807, 2.05) is 0 Å². The molecule has 0 amide bonds. The van der Waals surface area contributed by atoms with Gasteiger partial charge in [-0.15, -0.1) is 0 Å². The lowest BCUT2D eigenvalue weighted by molar-refractivity contribution is 0.173. The van der Waals surface area contributed by atoms with Crippen molar-refractivity contribution >= 4 is 0 Å². The van der Waals surface area contributed by atoms with Crippen LogP contribution in [0.2, 0.25) is 0 Å². The van der Waals surface area contributed by atoms with Gasteiger partial charge < -0.3 is 5.11 Å². The topological polar surface area (TPSA) is 20.2 Å². The average molecular weight is 280 g/mol. The summed E-state index contributed by atoms with van der Waals surface area (Å²) in [5.74, 6) is 0. The number of rotatable bonds is 3. The molecular formula is C20H24O. The smallest absolute Gasteiger partial charge is 0.0531 e. The molecule has 0 bridgehead atoms. The fraction of sp³-hybridized carbons (Fsp3) is 0.400. The molecule has 0 aromatic heterocycles. The van der Waals surface area contributed by atoms with Gasteiger partial charge in [0.1, 0.15) is 0 Å². The Balaban J connectivity index is 2.00. The minimum absolute atomic E-state index is 0.101. The van der Waals surface area contributed by atoms with E-state index in [0.29, 0.717) is 0 Å². The maximum absolute atomic E-state index is 10.2. The first-order chi connectivity index (χ1) is 10.1. The highest BCUT2D eigenvalue weighted by Gasteiger charge is 2.35. The van der Waals surface area contributed by atoms with Crippen molar-refractivity contribution in [3.63, 3.8) is 0 Å². The Bertz CT molecular complexity index is 644. The number of hydrogen-bond acceptors (Lipinski definition) is 1. The van der Waals surface area contributed by atoms with Gasteiger partial charge in [0.2, 0.25) is 0 Å². The largest absolute Gasteiger partial charge is 0.395 e. The standard InChI is InChI=1S/C20H24O/c1-15-9-10-17(12-16(15)2)13-20(14-21)11-5-7-18-6-3-4-8-19(18)20/h3-4,6,8-10,12,21H,5,7,11,13-14H2,1-2H3. The minimum Gasteiger partial charge on any atom is -0.395 e. The van der Waals surface area contributed by atoms with E-state index in [2.05, 4.69) is 56.3 Å². The zero-order valence-electron chi connectivity index (χ0n) is 13.0. The molecule has 1 aliphatic rings. The van der Waals surface area contributed by atoms with Crippen molar-refractivity contribution in [2.45, 2.75) is 44.9 Å². The predicted molar refractivity (Wildman–Crippen MR) is 87.8 cm³/mol. The summed E-state index contributed by atoms with van der Waals surface area (Å²) in [6.45, 7) is 4.55. The van der Waals surface area contributed by atoms with Crippen molar-refractivity contribution in [2.24, 2.45) is 0 Å². The number of benzene rings is 2. The van der Waals surface area contributed by atoms with Crippen molar-refractivity contribution in [1.29, 1.82) is 0 Å². The van der Waals surface area contributed by atoms with E-state index in [-0.39, 0.29) is 12.0 Å². The van der Waals surface area contributed by atoms with E-state index in [4.69, 9.17) is 0 Å². The van der Waals surface area contributed by atoms with Gasteiger partial charge in [0.25, 0.3) is 0 Å². The van der Waals surface area contributed by atoms with Crippen molar-refractivity contribution in [3.8, 4) is 0 Å². The maximum atomic E-state index is 10.2. The van der Waals surface area contributed by atoms with E-state index in [0.717, 1.165) is 19.3 Å². The summed E-state index contributed by atoms with van der Waals surface area (Å²) >= 11 is 0. The Labute approximate surface area is 127 Å². The van der Waals surface area contributed by atoms with E-state index in [1.165, 1.54) is 34.2 Å². The summed E-state index contributed by atoms with van der Waals surface area (Å²) in [6, 6.07) is 15.4. The van der Waals surface area contributed by atoms with Crippen LogP contribution in [-0.2, 0) is 18.3 Å². The number of aliphatic hydroxyl groups excluding tert-OH is 1. The molecule has 1 aliphatic carbocycles. The summed E-state index contributed by atoms with van der Waals surface area (Å²) in [7, 11) is 0. The van der Waals surface area contributed by atoms with Crippen LogP contribution in [0.4, 0.5) is 0 Å².